The molecule has 0 unspecified atom stereocenters. The quantitative estimate of drug-likeness (QED) is 0.835. The molecule has 1 fully saturated rings. The highest BCUT2D eigenvalue weighted by atomic mass is 16.2. The smallest absolute Gasteiger partial charge is 0.256 e. The van der Waals surface area contributed by atoms with Crippen LogP contribution in [-0.2, 0) is 0 Å². The van der Waals surface area contributed by atoms with Crippen molar-refractivity contribution in [3.8, 4) is 0 Å². The van der Waals surface area contributed by atoms with E-state index in [-0.39, 0.29) is 5.91 Å². The van der Waals surface area contributed by atoms with Crippen LogP contribution in [0.5, 0.6) is 0 Å². The normalized spacial score (nSPS) is 18.7. The lowest BCUT2D eigenvalue weighted by atomic mass is 9.97. The second kappa shape index (κ2) is 8.81. The minimum Gasteiger partial charge on any atom is -0.354 e. The van der Waals surface area contributed by atoms with E-state index in [9.17, 15) is 4.79 Å². The van der Waals surface area contributed by atoms with Gasteiger partial charge in [-0.2, -0.15) is 0 Å². The first-order valence-electron chi connectivity index (χ1n) is 9.36. The summed E-state index contributed by atoms with van der Waals surface area (Å²) in [5.74, 6) is 0.676. The Bertz CT molecular complexity index is 559. The molecular formula is C19H28N4O. The van der Waals surface area contributed by atoms with Gasteiger partial charge in [-0.05, 0) is 44.9 Å². The Balaban J connectivity index is 1.49. The number of nitrogens with zero attached hydrogens (tertiary/aromatic N) is 3. The minimum atomic E-state index is 0.0656. The van der Waals surface area contributed by atoms with Crippen LogP contribution in [0.3, 0.4) is 0 Å². The number of amides is 1. The van der Waals surface area contributed by atoms with Gasteiger partial charge in [0.1, 0.15) is 0 Å². The highest BCUT2D eigenvalue weighted by Crippen LogP contribution is 2.20. The summed E-state index contributed by atoms with van der Waals surface area (Å²) in [6, 6.07) is 0. The molecule has 0 atom stereocenters. The summed E-state index contributed by atoms with van der Waals surface area (Å²) in [5, 5.41) is 3.26. The van der Waals surface area contributed by atoms with E-state index in [1.807, 2.05) is 4.90 Å². The summed E-state index contributed by atoms with van der Waals surface area (Å²) in [7, 11) is 0. The third kappa shape index (κ3) is 4.79. The zero-order valence-corrected chi connectivity index (χ0v) is 14.5. The predicted octanol–water partition coefficient (Wildman–Crippen LogP) is 3.80. The number of hydrogen-bond acceptors (Lipinski definition) is 4. The van der Waals surface area contributed by atoms with Crippen LogP contribution in [-0.4, -0.2) is 40.4 Å². The molecule has 5 heteroatoms. The SMILES string of the molecule is O=C(c1cnc(NCCC2=CCCCC2)nc1)N1CCCCCC1. The molecule has 24 heavy (non-hydrogen) atoms. The van der Waals surface area contributed by atoms with Crippen molar-refractivity contribution in [3.63, 3.8) is 0 Å². The van der Waals surface area contributed by atoms with Crippen molar-refractivity contribution >= 4 is 11.9 Å². The molecular weight excluding hydrogens is 300 g/mol. The Kier molecular flexibility index (Phi) is 6.21. The molecule has 0 bridgehead atoms. The van der Waals surface area contributed by atoms with E-state index >= 15 is 0 Å². The number of carbonyl (C=O) groups is 1. The average molecular weight is 328 g/mol. The van der Waals surface area contributed by atoms with Gasteiger partial charge in [0.25, 0.3) is 5.91 Å². The van der Waals surface area contributed by atoms with E-state index < -0.39 is 0 Å². The fraction of sp³-hybridized carbons (Fsp3) is 0.632. The van der Waals surface area contributed by atoms with Crippen molar-refractivity contribution in [1.82, 2.24) is 14.9 Å². The van der Waals surface area contributed by atoms with Crippen LogP contribution in [0.1, 0.15) is 68.1 Å². The Labute approximate surface area is 144 Å². The molecule has 0 saturated carbocycles. The molecule has 5 nitrogen and oxygen atoms in total. The molecule has 1 aliphatic carbocycles. The second-order valence-electron chi connectivity index (χ2n) is 6.79. The van der Waals surface area contributed by atoms with Crippen LogP contribution < -0.4 is 5.32 Å². The molecule has 0 spiro atoms. The van der Waals surface area contributed by atoms with Gasteiger partial charge in [0.15, 0.2) is 0 Å². The molecule has 2 heterocycles. The van der Waals surface area contributed by atoms with Crippen LogP contribution in [0.2, 0.25) is 0 Å². The summed E-state index contributed by atoms with van der Waals surface area (Å²) in [6.45, 7) is 2.56. The van der Waals surface area contributed by atoms with E-state index in [0.717, 1.165) is 38.9 Å². The molecule has 1 aromatic rings. The van der Waals surface area contributed by atoms with Crippen LogP contribution in [0, 0.1) is 0 Å². The van der Waals surface area contributed by atoms with Gasteiger partial charge in [-0.1, -0.05) is 24.5 Å². The maximum absolute atomic E-state index is 12.5. The van der Waals surface area contributed by atoms with Crippen LogP contribution in [0.25, 0.3) is 0 Å². The lowest BCUT2D eigenvalue weighted by molar-refractivity contribution is 0.0761. The van der Waals surface area contributed by atoms with Crippen molar-refractivity contribution < 1.29 is 4.79 Å². The first-order valence-corrected chi connectivity index (χ1v) is 9.36. The fourth-order valence-electron chi connectivity index (χ4n) is 3.45. The van der Waals surface area contributed by atoms with Gasteiger partial charge in [0.2, 0.25) is 5.95 Å². The van der Waals surface area contributed by atoms with Gasteiger partial charge in [0, 0.05) is 32.0 Å². The summed E-state index contributed by atoms with van der Waals surface area (Å²) in [6.07, 6.45) is 16.5. The number of aromatic nitrogens is 2. The zero-order valence-electron chi connectivity index (χ0n) is 14.5. The first-order chi connectivity index (χ1) is 11.8. The van der Waals surface area contributed by atoms with E-state index in [4.69, 9.17) is 0 Å². The van der Waals surface area contributed by atoms with E-state index in [1.54, 1.807) is 18.0 Å². The summed E-state index contributed by atoms with van der Waals surface area (Å²) >= 11 is 0. The molecule has 1 saturated heterocycles. The zero-order chi connectivity index (χ0) is 16.6. The van der Waals surface area contributed by atoms with Gasteiger partial charge < -0.3 is 10.2 Å². The molecule has 2 aliphatic rings. The topological polar surface area (TPSA) is 58.1 Å². The molecule has 130 valence electrons. The summed E-state index contributed by atoms with van der Waals surface area (Å²) in [5.41, 5.74) is 2.14. The second-order valence-corrected chi connectivity index (χ2v) is 6.79. The van der Waals surface area contributed by atoms with Crippen LogP contribution >= 0.6 is 0 Å². The number of allylic oxidation sites excluding steroid dienone is 1. The number of carbonyl (C=O) groups excluding carboxylic acids is 1. The van der Waals surface area contributed by atoms with Crippen molar-refractivity contribution in [2.45, 2.75) is 57.8 Å². The van der Waals surface area contributed by atoms with Crippen LogP contribution in [0.15, 0.2) is 24.0 Å². The van der Waals surface area contributed by atoms with Gasteiger partial charge in [-0.25, -0.2) is 9.97 Å². The molecule has 1 N–H and O–H groups in total. The highest BCUT2D eigenvalue weighted by molar-refractivity contribution is 5.93. The van der Waals surface area contributed by atoms with E-state index in [1.165, 1.54) is 38.5 Å². The maximum atomic E-state index is 12.5. The molecule has 1 aliphatic heterocycles. The summed E-state index contributed by atoms with van der Waals surface area (Å²) < 4.78 is 0. The molecule has 0 radical (unpaired) electrons. The Hall–Kier alpha value is -1.91. The Morgan fingerprint density at radius 2 is 1.79 bits per heavy atom. The highest BCUT2D eigenvalue weighted by Gasteiger charge is 2.17. The molecule has 1 amide bonds. The number of nitrogens with one attached hydrogen (secondary N) is 1. The fourth-order valence-corrected chi connectivity index (χ4v) is 3.45. The average Bonchev–Trinajstić information content (AvgIpc) is 2.92. The number of hydrogen-bond donors (Lipinski definition) is 1. The molecule has 1 aromatic heterocycles. The van der Waals surface area contributed by atoms with Gasteiger partial charge in [0.05, 0.1) is 5.56 Å². The largest absolute Gasteiger partial charge is 0.354 e. The lowest BCUT2D eigenvalue weighted by Gasteiger charge is -2.20. The monoisotopic (exact) mass is 328 g/mol. The van der Waals surface area contributed by atoms with Crippen molar-refractivity contribution in [2.75, 3.05) is 25.0 Å². The third-order valence-corrected chi connectivity index (χ3v) is 4.91. The van der Waals surface area contributed by atoms with E-state index in [2.05, 4.69) is 21.4 Å². The van der Waals surface area contributed by atoms with Crippen molar-refractivity contribution in [2.24, 2.45) is 0 Å². The predicted molar refractivity (Wildman–Crippen MR) is 96.1 cm³/mol. The summed E-state index contributed by atoms with van der Waals surface area (Å²) in [4.78, 5) is 23.1. The van der Waals surface area contributed by atoms with E-state index in [0.29, 0.717) is 11.5 Å². The standard InChI is InChI=1S/C19H28N4O/c24-18(23-12-6-1-2-7-13-23)17-14-21-19(22-15-17)20-11-10-16-8-4-3-5-9-16/h8,14-15H,1-7,9-13H2,(H,20,21,22). The number of rotatable bonds is 5. The Morgan fingerprint density at radius 3 is 2.46 bits per heavy atom. The number of anilines is 1. The first kappa shape index (κ1) is 16.9. The third-order valence-electron chi connectivity index (χ3n) is 4.91. The van der Waals surface area contributed by atoms with Crippen molar-refractivity contribution in [3.05, 3.63) is 29.6 Å². The van der Waals surface area contributed by atoms with Crippen molar-refractivity contribution in [1.29, 1.82) is 0 Å². The lowest BCUT2D eigenvalue weighted by Crippen LogP contribution is -2.32. The number of likely N-dealkylation sites (tertiary alicyclic amines) is 1. The Morgan fingerprint density at radius 1 is 1.04 bits per heavy atom. The molecule has 3 rings (SSSR count). The van der Waals surface area contributed by atoms with Gasteiger partial charge >= 0.3 is 0 Å². The van der Waals surface area contributed by atoms with Gasteiger partial charge in [-0.3, -0.25) is 4.79 Å². The maximum Gasteiger partial charge on any atom is 0.256 e. The van der Waals surface area contributed by atoms with Gasteiger partial charge in [-0.15, -0.1) is 0 Å². The minimum absolute atomic E-state index is 0.0656. The van der Waals surface area contributed by atoms with Crippen LogP contribution in [0.4, 0.5) is 5.95 Å². The molecule has 0 aromatic carbocycles.